The summed E-state index contributed by atoms with van der Waals surface area (Å²) in [5, 5.41) is 7.01. The number of amidine groups is 1. The highest BCUT2D eigenvalue weighted by atomic mass is 14.8. The Morgan fingerprint density at radius 2 is 2.00 bits per heavy atom. The van der Waals surface area contributed by atoms with Crippen molar-refractivity contribution in [3.05, 3.63) is 35.4 Å². The van der Waals surface area contributed by atoms with Crippen LogP contribution in [-0.2, 0) is 0 Å². The molecule has 3 N–H and O–H groups in total. The van der Waals surface area contributed by atoms with Crippen LogP contribution in [0.15, 0.2) is 29.3 Å². The van der Waals surface area contributed by atoms with Crippen LogP contribution in [0.5, 0.6) is 0 Å². The Kier molecular flexibility index (Phi) is 4.03. The van der Waals surface area contributed by atoms with Crippen molar-refractivity contribution >= 4 is 12.1 Å². The second-order valence-corrected chi connectivity index (χ2v) is 3.82. The van der Waals surface area contributed by atoms with Crippen molar-refractivity contribution in [1.82, 2.24) is 0 Å². The third-order valence-corrected chi connectivity index (χ3v) is 2.11. The molecule has 1 aromatic rings. The lowest BCUT2D eigenvalue weighted by Crippen LogP contribution is -2.12. The molecule has 0 aliphatic rings. The fourth-order valence-corrected chi connectivity index (χ4v) is 1.22. The normalized spacial score (nSPS) is 11.1. The number of nitrogens with zero attached hydrogens (tertiary/aromatic N) is 1. The number of nitrogens with one attached hydrogen (secondary N) is 1. The SMILES string of the molecule is CC(C)c1ccc(C=NCC(=N)N)cc1. The molecule has 1 aromatic carbocycles. The first-order valence-corrected chi connectivity index (χ1v) is 5.02. The van der Waals surface area contributed by atoms with Gasteiger partial charge < -0.3 is 5.73 Å². The monoisotopic (exact) mass is 203 g/mol. The lowest BCUT2D eigenvalue weighted by Gasteiger charge is -2.04. The Bertz CT molecular complexity index is 350. The van der Waals surface area contributed by atoms with Crippen LogP contribution in [0.4, 0.5) is 0 Å². The zero-order chi connectivity index (χ0) is 11.3. The molecule has 0 radical (unpaired) electrons. The zero-order valence-electron chi connectivity index (χ0n) is 9.20. The van der Waals surface area contributed by atoms with E-state index >= 15 is 0 Å². The van der Waals surface area contributed by atoms with Crippen LogP contribution in [0.1, 0.15) is 30.9 Å². The van der Waals surface area contributed by atoms with Gasteiger partial charge in [-0.1, -0.05) is 38.1 Å². The highest BCUT2D eigenvalue weighted by Crippen LogP contribution is 2.13. The number of rotatable bonds is 4. The standard InChI is InChI=1S/C12H17N3/c1-9(2)11-5-3-10(4-6-11)7-15-8-12(13)14/h3-7,9H,8H2,1-2H3,(H3,13,14). The largest absolute Gasteiger partial charge is 0.386 e. The smallest absolute Gasteiger partial charge is 0.113 e. The van der Waals surface area contributed by atoms with Gasteiger partial charge in [0.2, 0.25) is 0 Å². The quantitative estimate of drug-likeness (QED) is 0.571. The molecule has 0 bridgehead atoms. The van der Waals surface area contributed by atoms with Gasteiger partial charge in [0.05, 0.1) is 6.54 Å². The summed E-state index contributed by atoms with van der Waals surface area (Å²) in [6.07, 6.45) is 1.74. The van der Waals surface area contributed by atoms with Crippen LogP contribution in [0.2, 0.25) is 0 Å². The van der Waals surface area contributed by atoms with E-state index in [-0.39, 0.29) is 12.4 Å². The molecule has 0 aliphatic carbocycles. The minimum Gasteiger partial charge on any atom is -0.386 e. The molecule has 0 unspecified atom stereocenters. The number of nitrogens with two attached hydrogens (primary N) is 1. The molecular weight excluding hydrogens is 186 g/mol. The summed E-state index contributed by atoms with van der Waals surface area (Å²) in [7, 11) is 0. The number of aliphatic imine (C=N–C) groups is 1. The topological polar surface area (TPSA) is 62.2 Å². The predicted molar refractivity (Wildman–Crippen MR) is 64.9 cm³/mol. The van der Waals surface area contributed by atoms with Crippen molar-refractivity contribution in [2.45, 2.75) is 19.8 Å². The van der Waals surface area contributed by atoms with Gasteiger partial charge in [0, 0.05) is 6.21 Å². The van der Waals surface area contributed by atoms with E-state index in [4.69, 9.17) is 11.1 Å². The van der Waals surface area contributed by atoms with Crippen LogP contribution < -0.4 is 5.73 Å². The minimum absolute atomic E-state index is 0.0880. The lowest BCUT2D eigenvalue weighted by atomic mass is 10.0. The first-order valence-electron chi connectivity index (χ1n) is 5.02. The molecule has 0 heterocycles. The first-order chi connectivity index (χ1) is 7.09. The Labute approximate surface area is 90.5 Å². The fraction of sp³-hybridized carbons (Fsp3) is 0.333. The number of hydrogen-bond donors (Lipinski definition) is 2. The van der Waals surface area contributed by atoms with Gasteiger partial charge in [0.15, 0.2) is 0 Å². The Morgan fingerprint density at radius 3 is 2.47 bits per heavy atom. The Hall–Kier alpha value is -1.64. The van der Waals surface area contributed by atoms with Gasteiger partial charge in [0.1, 0.15) is 5.84 Å². The summed E-state index contributed by atoms with van der Waals surface area (Å²) in [6.45, 7) is 4.60. The molecule has 0 saturated heterocycles. The molecule has 0 atom stereocenters. The van der Waals surface area contributed by atoms with Gasteiger partial charge >= 0.3 is 0 Å². The predicted octanol–water partition coefficient (Wildman–Crippen LogP) is 2.16. The number of benzene rings is 1. The molecule has 15 heavy (non-hydrogen) atoms. The summed E-state index contributed by atoms with van der Waals surface area (Å²) in [4.78, 5) is 4.04. The van der Waals surface area contributed by atoms with E-state index in [1.807, 2.05) is 12.1 Å². The van der Waals surface area contributed by atoms with Crippen LogP contribution in [0.25, 0.3) is 0 Å². The van der Waals surface area contributed by atoms with E-state index in [9.17, 15) is 0 Å². The molecule has 0 saturated carbocycles. The van der Waals surface area contributed by atoms with Crippen LogP contribution in [-0.4, -0.2) is 18.6 Å². The summed E-state index contributed by atoms with van der Waals surface area (Å²) < 4.78 is 0. The molecule has 3 heteroatoms. The highest BCUT2D eigenvalue weighted by Gasteiger charge is 1.97. The van der Waals surface area contributed by atoms with E-state index in [2.05, 4.69) is 31.0 Å². The van der Waals surface area contributed by atoms with Gasteiger partial charge in [0.25, 0.3) is 0 Å². The van der Waals surface area contributed by atoms with Crippen molar-refractivity contribution in [3.8, 4) is 0 Å². The van der Waals surface area contributed by atoms with E-state index in [1.165, 1.54) is 5.56 Å². The molecule has 0 aliphatic heterocycles. The molecule has 0 spiro atoms. The summed E-state index contributed by atoms with van der Waals surface area (Å²) >= 11 is 0. The van der Waals surface area contributed by atoms with E-state index in [0.29, 0.717) is 5.92 Å². The molecule has 80 valence electrons. The van der Waals surface area contributed by atoms with Gasteiger partial charge in [-0.05, 0) is 17.0 Å². The lowest BCUT2D eigenvalue weighted by molar-refractivity contribution is 0.866. The fourth-order valence-electron chi connectivity index (χ4n) is 1.22. The van der Waals surface area contributed by atoms with Crippen molar-refractivity contribution in [3.63, 3.8) is 0 Å². The highest BCUT2D eigenvalue weighted by molar-refractivity contribution is 5.84. The summed E-state index contributed by atoms with van der Waals surface area (Å²) in [6, 6.07) is 8.25. The van der Waals surface area contributed by atoms with E-state index in [0.717, 1.165) is 5.56 Å². The molecular formula is C12H17N3. The maximum absolute atomic E-state index is 7.01. The van der Waals surface area contributed by atoms with Crippen LogP contribution in [0.3, 0.4) is 0 Å². The zero-order valence-corrected chi connectivity index (χ0v) is 9.20. The van der Waals surface area contributed by atoms with Crippen molar-refractivity contribution in [2.24, 2.45) is 10.7 Å². The van der Waals surface area contributed by atoms with E-state index < -0.39 is 0 Å². The van der Waals surface area contributed by atoms with Gasteiger partial charge in [-0.2, -0.15) is 0 Å². The molecule has 1 rings (SSSR count). The second-order valence-electron chi connectivity index (χ2n) is 3.82. The maximum Gasteiger partial charge on any atom is 0.113 e. The van der Waals surface area contributed by atoms with Gasteiger partial charge in [-0.15, -0.1) is 0 Å². The van der Waals surface area contributed by atoms with Crippen molar-refractivity contribution < 1.29 is 0 Å². The Balaban J connectivity index is 2.64. The van der Waals surface area contributed by atoms with Crippen molar-refractivity contribution in [1.29, 1.82) is 5.41 Å². The summed E-state index contributed by atoms with van der Waals surface area (Å²) in [5.41, 5.74) is 7.55. The average molecular weight is 203 g/mol. The van der Waals surface area contributed by atoms with Crippen LogP contribution >= 0.6 is 0 Å². The molecule has 0 fully saturated rings. The minimum atomic E-state index is 0.0880. The molecule has 0 amide bonds. The van der Waals surface area contributed by atoms with E-state index in [1.54, 1.807) is 6.21 Å². The maximum atomic E-state index is 7.01. The number of hydrogen-bond acceptors (Lipinski definition) is 2. The Morgan fingerprint density at radius 1 is 1.40 bits per heavy atom. The van der Waals surface area contributed by atoms with Crippen LogP contribution in [0, 0.1) is 5.41 Å². The molecule has 3 nitrogen and oxygen atoms in total. The third kappa shape index (κ3) is 3.94. The molecule has 0 aromatic heterocycles. The third-order valence-electron chi connectivity index (χ3n) is 2.11. The van der Waals surface area contributed by atoms with Gasteiger partial charge in [-0.3, -0.25) is 10.4 Å². The first kappa shape index (κ1) is 11.4. The van der Waals surface area contributed by atoms with Gasteiger partial charge in [-0.25, -0.2) is 0 Å². The summed E-state index contributed by atoms with van der Waals surface area (Å²) in [5.74, 6) is 0.637. The average Bonchev–Trinajstić information content (AvgIpc) is 2.18. The van der Waals surface area contributed by atoms with Crippen molar-refractivity contribution in [2.75, 3.05) is 6.54 Å². The second kappa shape index (κ2) is 5.29.